The highest BCUT2D eigenvalue weighted by atomic mass is 32.1. The van der Waals surface area contributed by atoms with E-state index < -0.39 is 0 Å². The van der Waals surface area contributed by atoms with Crippen molar-refractivity contribution < 1.29 is 9.59 Å². The number of nitrogens with zero attached hydrogens (tertiary/aromatic N) is 1. The van der Waals surface area contributed by atoms with E-state index in [-0.39, 0.29) is 23.9 Å². The summed E-state index contributed by atoms with van der Waals surface area (Å²) in [5.74, 6) is 0.0918. The molecule has 2 aliphatic heterocycles. The van der Waals surface area contributed by atoms with E-state index in [4.69, 9.17) is 0 Å². The number of amides is 2. The van der Waals surface area contributed by atoms with Crippen molar-refractivity contribution in [2.45, 2.75) is 37.8 Å². The highest BCUT2D eigenvalue weighted by Gasteiger charge is 2.36. The van der Waals surface area contributed by atoms with Crippen molar-refractivity contribution in [3.05, 3.63) is 22.4 Å². The first-order chi connectivity index (χ1) is 8.75. The minimum atomic E-state index is -0.295. The third kappa shape index (κ3) is 2.03. The molecule has 0 bridgehead atoms. The Kier molecular flexibility index (Phi) is 3.07. The van der Waals surface area contributed by atoms with Crippen LogP contribution in [0.2, 0.25) is 0 Å². The molecule has 1 aromatic rings. The molecular weight excluding hydrogens is 248 g/mol. The largest absolute Gasteiger partial charge is 0.344 e. The topological polar surface area (TPSA) is 49.4 Å². The first-order valence-corrected chi connectivity index (χ1v) is 7.32. The summed E-state index contributed by atoms with van der Waals surface area (Å²) < 4.78 is 0. The van der Waals surface area contributed by atoms with Crippen LogP contribution < -0.4 is 5.32 Å². The molecule has 2 amide bonds. The summed E-state index contributed by atoms with van der Waals surface area (Å²) in [6.07, 6.45) is 3.20. The van der Waals surface area contributed by atoms with Crippen LogP contribution in [0.5, 0.6) is 0 Å². The smallest absolute Gasteiger partial charge is 0.245 e. The predicted octanol–water partition coefficient (Wildman–Crippen LogP) is 1.69. The van der Waals surface area contributed by atoms with Gasteiger partial charge in [-0.25, -0.2) is 0 Å². The van der Waals surface area contributed by atoms with Gasteiger partial charge in [-0.2, -0.15) is 11.3 Å². The Bertz CT molecular complexity index is 458. The van der Waals surface area contributed by atoms with E-state index in [1.165, 1.54) is 5.56 Å². The van der Waals surface area contributed by atoms with Crippen LogP contribution in [0.3, 0.4) is 0 Å². The fourth-order valence-corrected chi connectivity index (χ4v) is 3.55. The van der Waals surface area contributed by atoms with Gasteiger partial charge >= 0.3 is 0 Å². The number of hydrogen-bond acceptors (Lipinski definition) is 3. The maximum atomic E-state index is 12.4. The van der Waals surface area contributed by atoms with E-state index >= 15 is 0 Å². The number of rotatable bonds is 2. The molecule has 2 unspecified atom stereocenters. The fraction of sp³-hybridized carbons (Fsp3) is 0.538. The quantitative estimate of drug-likeness (QED) is 0.883. The van der Waals surface area contributed by atoms with Crippen LogP contribution in [-0.2, 0) is 9.59 Å². The average molecular weight is 264 g/mol. The lowest BCUT2D eigenvalue weighted by molar-refractivity contribution is -0.135. The Hall–Kier alpha value is -1.36. The highest BCUT2D eigenvalue weighted by molar-refractivity contribution is 7.07. The summed E-state index contributed by atoms with van der Waals surface area (Å²) in [4.78, 5) is 25.6. The van der Waals surface area contributed by atoms with Crippen molar-refractivity contribution in [1.29, 1.82) is 0 Å². The second-order valence-electron chi connectivity index (χ2n) is 4.91. The number of hydrogen-bond donors (Lipinski definition) is 1. The van der Waals surface area contributed by atoms with Crippen molar-refractivity contribution in [1.82, 2.24) is 10.2 Å². The van der Waals surface area contributed by atoms with Crippen molar-refractivity contribution in [3.8, 4) is 0 Å². The van der Waals surface area contributed by atoms with Gasteiger partial charge in [-0.15, -0.1) is 0 Å². The summed E-state index contributed by atoms with van der Waals surface area (Å²) in [7, 11) is 0. The van der Waals surface area contributed by atoms with Gasteiger partial charge in [0, 0.05) is 13.0 Å². The van der Waals surface area contributed by atoms with E-state index in [1.54, 1.807) is 11.3 Å². The molecule has 4 nitrogen and oxygen atoms in total. The predicted molar refractivity (Wildman–Crippen MR) is 69.2 cm³/mol. The van der Waals surface area contributed by atoms with Crippen molar-refractivity contribution in [2.24, 2.45) is 0 Å². The zero-order chi connectivity index (χ0) is 12.5. The molecule has 96 valence electrons. The zero-order valence-electron chi connectivity index (χ0n) is 10.1. The molecule has 1 N–H and O–H groups in total. The third-order valence-corrected chi connectivity index (χ3v) is 4.46. The van der Waals surface area contributed by atoms with Gasteiger partial charge in [0.15, 0.2) is 0 Å². The summed E-state index contributed by atoms with van der Waals surface area (Å²) >= 11 is 1.67. The minimum absolute atomic E-state index is 0.000342. The molecule has 2 saturated heterocycles. The van der Waals surface area contributed by atoms with Gasteiger partial charge in [-0.1, -0.05) is 0 Å². The van der Waals surface area contributed by atoms with Gasteiger partial charge in [0.25, 0.3) is 0 Å². The molecule has 0 saturated carbocycles. The Morgan fingerprint density at radius 1 is 1.44 bits per heavy atom. The molecule has 0 spiro atoms. The molecule has 0 radical (unpaired) electrons. The summed E-state index contributed by atoms with van der Waals surface area (Å²) in [5.41, 5.74) is 1.23. The van der Waals surface area contributed by atoms with Crippen LogP contribution in [0.1, 0.15) is 37.3 Å². The standard InChI is InChI=1S/C13H16N2O2S/c16-12-4-3-10(14-12)13(17)15-6-1-2-11(15)9-5-7-18-8-9/h5,7-8,10-11H,1-4,6H2,(H,14,16). The Balaban J connectivity index is 1.75. The Morgan fingerprint density at radius 3 is 3.00 bits per heavy atom. The van der Waals surface area contributed by atoms with E-state index in [0.717, 1.165) is 19.4 Å². The Labute approximate surface area is 110 Å². The average Bonchev–Trinajstić information content (AvgIpc) is 3.08. The summed E-state index contributed by atoms with van der Waals surface area (Å²) in [6, 6.07) is 2.01. The van der Waals surface area contributed by atoms with Crippen molar-refractivity contribution in [3.63, 3.8) is 0 Å². The third-order valence-electron chi connectivity index (χ3n) is 3.76. The van der Waals surface area contributed by atoms with Crippen molar-refractivity contribution >= 4 is 23.2 Å². The second kappa shape index (κ2) is 4.72. The maximum Gasteiger partial charge on any atom is 0.245 e. The molecule has 2 aliphatic rings. The minimum Gasteiger partial charge on any atom is -0.344 e. The Morgan fingerprint density at radius 2 is 2.33 bits per heavy atom. The fourth-order valence-electron chi connectivity index (χ4n) is 2.84. The van der Waals surface area contributed by atoms with Crippen LogP contribution in [0.4, 0.5) is 0 Å². The number of nitrogens with one attached hydrogen (secondary N) is 1. The van der Waals surface area contributed by atoms with Gasteiger partial charge in [0.2, 0.25) is 11.8 Å². The van der Waals surface area contributed by atoms with E-state index in [0.29, 0.717) is 12.8 Å². The van der Waals surface area contributed by atoms with E-state index in [1.807, 2.05) is 10.3 Å². The molecule has 0 aromatic carbocycles. The molecule has 2 atom stereocenters. The van der Waals surface area contributed by atoms with Crippen LogP contribution in [0.15, 0.2) is 16.8 Å². The van der Waals surface area contributed by atoms with E-state index in [9.17, 15) is 9.59 Å². The van der Waals surface area contributed by atoms with Crippen LogP contribution in [0, 0.1) is 0 Å². The number of carbonyl (C=O) groups is 2. The van der Waals surface area contributed by atoms with Crippen LogP contribution in [-0.4, -0.2) is 29.3 Å². The van der Waals surface area contributed by atoms with Gasteiger partial charge in [0.1, 0.15) is 6.04 Å². The molecule has 5 heteroatoms. The second-order valence-corrected chi connectivity index (χ2v) is 5.69. The van der Waals surface area contributed by atoms with Gasteiger partial charge in [-0.3, -0.25) is 9.59 Å². The molecular formula is C13H16N2O2S. The number of thiophene rings is 1. The first-order valence-electron chi connectivity index (χ1n) is 6.37. The number of carbonyl (C=O) groups excluding carboxylic acids is 2. The van der Waals surface area contributed by atoms with Gasteiger partial charge in [-0.05, 0) is 41.7 Å². The van der Waals surface area contributed by atoms with Crippen LogP contribution >= 0.6 is 11.3 Å². The first kappa shape index (κ1) is 11.7. The van der Waals surface area contributed by atoms with E-state index in [2.05, 4.69) is 16.8 Å². The molecule has 3 rings (SSSR count). The van der Waals surface area contributed by atoms with Crippen molar-refractivity contribution in [2.75, 3.05) is 6.54 Å². The van der Waals surface area contributed by atoms with Gasteiger partial charge < -0.3 is 10.2 Å². The molecule has 18 heavy (non-hydrogen) atoms. The van der Waals surface area contributed by atoms with Gasteiger partial charge in [0.05, 0.1) is 6.04 Å². The monoisotopic (exact) mass is 264 g/mol. The van der Waals surface area contributed by atoms with Crippen LogP contribution in [0.25, 0.3) is 0 Å². The number of likely N-dealkylation sites (tertiary alicyclic amines) is 1. The molecule has 1 aromatic heterocycles. The maximum absolute atomic E-state index is 12.4. The summed E-state index contributed by atoms with van der Waals surface area (Å²) in [5, 5.41) is 6.93. The lowest BCUT2D eigenvalue weighted by Crippen LogP contribution is -2.44. The lowest BCUT2D eigenvalue weighted by Gasteiger charge is -2.26. The SMILES string of the molecule is O=C1CCC(C(=O)N2CCCC2c2ccsc2)N1. The normalized spacial score (nSPS) is 27.6. The lowest BCUT2D eigenvalue weighted by atomic mass is 10.1. The highest BCUT2D eigenvalue weighted by Crippen LogP contribution is 2.34. The molecule has 3 heterocycles. The molecule has 2 fully saturated rings. The zero-order valence-corrected chi connectivity index (χ0v) is 10.9. The molecule has 0 aliphatic carbocycles. The summed E-state index contributed by atoms with van der Waals surface area (Å²) in [6.45, 7) is 0.811.